The van der Waals surface area contributed by atoms with Crippen molar-refractivity contribution < 1.29 is 9.53 Å². The summed E-state index contributed by atoms with van der Waals surface area (Å²) in [5.74, 6) is 0.493. The monoisotopic (exact) mass is 305 g/mol. The number of aliphatic imine (C=N–C) groups is 1. The molecule has 0 fully saturated rings. The highest BCUT2D eigenvalue weighted by Gasteiger charge is 2.24. The molecule has 0 radical (unpaired) electrons. The van der Waals surface area contributed by atoms with Crippen molar-refractivity contribution in [1.82, 2.24) is 0 Å². The molecule has 5 heteroatoms. The lowest BCUT2D eigenvalue weighted by Crippen LogP contribution is -1.99. The first-order chi connectivity index (χ1) is 9.66. The molecule has 100 valence electrons. The summed E-state index contributed by atoms with van der Waals surface area (Å²) in [4.78, 5) is 16.1. The number of hydrogen-bond donors (Lipinski definition) is 0. The van der Waals surface area contributed by atoms with E-state index in [2.05, 4.69) is 4.99 Å². The number of nitrogens with zero attached hydrogens (tertiary/aromatic N) is 1. The number of carbonyl (C=O) groups excluding carboxylic acids is 1. The Labute approximate surface area is 125 Å². The first-order valence-electron chi connectivity index (χ1n) is 5.94. The van der Waals surface area contributed by atoms with Crippen molar-refractivity contribution in [1.29, 1.82) is 0 Å². The Kier molecular flexibility index (Phi) is 3.47. The third kappa shape index (κ3) is 2.30. The van der Waals surface area contributed by atoms with Gasteiger partial charge in [0.2, 0.25) is 5.78 Å². The summed E-state index contributed by atoms with van der Waals surface area (Å²) in [5.41, 5.74) is 1.69. The molecule has 0 aromatic heterocycles. The zero-order valence-corrected chi connectivity index (χ0v) is 11.8. The lowest BCUT2D eigenvalue weighted by molar-refractivity contribution is 0.0961. The Bertz CT molecular complexity index is 706. The molecule has 0 bridgehead atoms. The second kappa shape index (κ2) is 5.27. The molecule has 20 heavy (non-hydrogen) atoms. The van der Waals surface area contributed by atoms with Gasteiger partial charge in [-0.3, -0.25) is 9.79 Å². The van der Waals surface area contributed by atoms with E-state index < -0.39 is 0 Å². The predicted molar refractivity (Wildman–Crippen MR) is 80.0 cm³/mol. The fourth-order valence-corrected chi connectivity index (χ4v) is 2.51. The molecule has 1 heterocycles. The van der Waals surface area contributed by atoms with Gasteiger partial charge in [-0.15, -0.1) is 0 Å². The molecule has 1 aliphatic heterocycles. The van der Waals surface area contributed by atoms with Crippen molar-refractivity contribution in [3.63, 3.8) is 0 Å². The zero-order chi connectivity index (χ0) is 14.1. The number of rotatable bonds is 2. The van der Waals surface area contributed by atoms with E-state index in [4.69, 9.17) is 27.9 Å². The molecule has 0 unspecified atom stereocenters. The summed E-state index contributed by atoms with van der Waals surface area (Å²) in [5, 5.41) is 1.02. The van der Waals surface area contributed by atoms with Gasteiger partial charge in [0.15, 0.2) is 6.61 Å². The van der Waals surface area contributed by atoms with Gasteiger partial charge in [0.25, 0.3) is 0 Å². The molecule has 0 spiro atoms. The number of halogens is 2. The molecule has 0 saturated carbocycles. The van der Waals surface area contributed by atoms with Gasteiger partial charge >= 0.3 is 0 Å². The predicted octanol–water partition coefficient (Wildman–Crippen LogP) is 4.32. The average Bonchev–Trinajstić information content (AvgIpc) is 2.81. The lowest BCUT2D eigenvalue weighted by Gasteiger charge is -2.02. The van der Waals surface area contributed by atoms with E-state index >= 15 is 0 Å². The van der Waals surface area contributed by atoms with Crippen molar-refractivity contribution in [2.24, 2.45) is 4.99 Å². The van der Waals surface area contributed by atoms with Gasteiger partial charge < -0.3 is 4.74 Å². The van der Waals surface area contributed by atoms with Gasteiger partial charge in [-0.25, -0.2) is 0 Å². The maximum absolute atomic E-state index is 11.8. The van der Waals surface area contributed by atoms with Crippen LogP contribution >= 0.6 is 23.2 Å². The lowest BCUT2D eigenvalue weighted by atomic mass is 10.1. The summed E-state index contributed by atoms with van der Waals surface area (Å²) < 4.78 is 5.28. The van der Waals surface area contributed by atoms with Crippen LogP contribution in [0.2, 0.25) is 10.0 Å². The molecular weight excluding hydrogens is 297 g/mol. The summed E-state index contributed by atoms with van der Waals surface area (Å²) in [6, 6.07) is 10.5. The van der Waals surface area contributed by atoms with Crippen molar-refractivity contribution in [3.05, 3.63) is 57.6 Å². The number of benzene rings is 2. The molecule has 0 atom stereocenters. The minimum Gasteiger partial charge on any atom is -0.485 e. The van der Waals surface area contributed by atoms with Crippen molar-refractivity contribution in [3.8, 4) is 5.75 Å². The zero-order valence-electron chi connectivity index (χ0n) is 10.3. The standard InChI is InChI=1S/C15H9Cl2NO2/c16-10-3-1-4-11(17)9(10)7-18-12-5-2-6-14-15(12)13(19)8-20-14/h1-7H,8H2. The number of ketones is 1. The molecule has 0 saturated heterocycles. The molecule has 0 N–H and O–H groups in total. The van der Waals surface area contributed by atoms with Gasteiger partial charge in [0.1, 0.15) is 5.75 Å². The third-order valence-corrected chi connectivity index (χ3v) is 3.63. The maximum Gasteiger partial charge on any atom is 0.206 e. The first-order valence-corrected chi connectivity index (χ1v) is 6.69. The molecule has 3 rings (SSSR count). The highest BCUT2D eigenvalue weighted by molar-refractivity contribution is 6.38. The second-order valence-corrected chi connectivity index (χ2v) is 5.07. The summed E-state index contributed by atoms with van der Waals surface area (Å²) in [6.07, 6.45) is 1.56. The van der Waals surface area contributed by atoms with Gasteiger partial charge in [0, 0.05) is 11.8 Å². The van der Waals surface area contributed by atoms with Crippen LogP contribution in [-0.2, 0) is 0 Å². The molecule has 0 aliphatic carbocycles. The molecular formula is C15H9Cl2NO2. The Balaban J connectivity index is 2.03. The Hall–Kier alpha value is -1.84. The summed E-state index contributed by atoms with van der Waals surface area (Å²) in [7, 11) is 0. The van der Waals surface area contributed by atoms with E-state index in [-0.39, 0.29) is 12.4 Å². The van der Waals surface area contributed by atoms with Crippen molar-refractivity contribution in [2.45, 2.75) is 0 Å². The van der Waals surface area contributed by atoms with Crippen LogP contribution in [0.25, 0.3) is 0 Å². The van der Waals surface area contributed by atoms with Crippen LogP contribution in [0, 0.1) is 0 Å². The number of hydrogen-bond acceptors (Lipinski definition) is 3. The van der Waals surface area contributed by atoms with E-state index in [1.165, 1.54) is 0 Å². The fourth-order valence-electron chi connectivity index (χ4n) is 2.01. The molecule has 2 aromatic carbocycles. The van der Waals surface area contributed by atoms with Crippen LogP contribution in [0.5, 0.6) is 5.75 Å². The van der Waals surface area contributed by atoms with Crippen molar-refractivity contribution >= 4 is 40.9 Å². The minimum absolute atomic E-state index is 0.0642. The van der Waals surface area contributed by atoms with E-state index in [9.17, 15) is 4.79 Å². The van der Waals surface area contributed by atoms with Gasteiger partial charge in [-0.05, 0) is 24.3 Å². The van der Waals surface area contributed by atoms with Gasteiger partial charge in [0.05, 0.1) is 21.3 Å². The van der Waals surface area contributed by atoms with E-state index in [0.29, 0.717) is 32.6 Å². The van der Waals surface area contributed by atoms with E-state index in [1.807, 2.05) is 0 Å². The molecule has 0 amide bonds. The molecule has 2 aromatic rings. The fraction of sp³-hybridized carbons (Fsp3) is 0.0667. The molecule has 3 nitrogen and oxygen atoms in total. The highest BCUT2D eigenvalue weighted by atomic mass is 35.5. The van der Waals surface area contributed by atoms with Crippen LogP contribution in [0.4, 0.5) is 5.69 Å². The smallest absolute Gasteiger partial charge is 0.206 e. The number of fused-ring (bicyclic) bond motifs is 1. The normalized spacial score (nSPS) is 13.6. The third-order valence-electron chi connectivity index (χ3n) is 2.97. The van der Waals surface area contributed by atoms with Crippen LogP contribution in [0.15, 0.2) is 41.4 Å². The average molecular weight is 306 g/mol. The van der Waals surface area contributed by atoms with Crippen LogP contribution in [-0.4, -0.2) is 18.6 Å². The summed E-state index contributed by atoms with van der Waals surface area (Å²) in [6.45, 7) is 0.0642. The summed E-state index contributed by atoms with van der Waals surface area (Å²) >= 11 is 12.1. The number of ether oxygens (including phenoxy) is 1. The Morgan fingerprint density at radius 1 is 1.10 bits per heavy atom. The van der Waals surface area contributed by atoms with Crippen LogP contribution in [0.3, 0.4) is 0 Å². The first kappa shape index (κ1) is 13.2. The van der Waals surface area contributed by atoms with E-state index in [0.717, 1.165) is 0 Å². The largest absolute Gasteiger partial charge is 0.485 e. The SMILES string of the molecule is O=C1COc2cccc(N=Cc3c(Cl)cccc3Cl)c21. The second-order valence-electron chi connectivity index (χ2n) is 4.26. The van der Waals surface area contributed by atoms with Gasteiger partial charge in [-0.2, -0.15) is 0 Å². The van der Waals surface area contributed by atoms with E-state index in [1.54, 1.807) is 42.6 Å². The maximum atomic E-state index is 11.8. The number of Topliss-reactive ketones (excluding diaryl/α,β-unsaturated/α-hetero) is 1. The van der Waals surface area contributed by atoms with Crippen LogP contribution in [0.1, 0.15) is 15.9 Å². The number of carbonyl (C=O) groups is 1. The van der Waals surface area contributed by atoms with Crippen LogP contribution < -0.4 is 4.74 Å². The molecule has 1 aliphatic rings. The quantitative estimate of drug-likeness (QED) is 0.775. The highest BCUT2D eigenvalue weighted by Crippen LogP contribution is 2.33. The van der Waals surface area contributed by atoms with Gasteiger partial charge in [-0.1, -0.05) is 35.3 Å². The topological polar surface area (TPSA) is 38.7 Å². The van der Waals surface area contributed by atoms with Crippen molar-refractivity contribution in [2.75, 3.05) is 6.61 Å². The minimum atomic E-state index is -0.0713. The Morgan fingerprint density at radius 2 is 1.80 bits per heavy atom. The Morgan fingerprint density at radius 3 is 2.55 bits per heavy atom.